The average Bonchev–Trinajstić information content (AvgIpc) is 3.27. The van der Waals surface area contributed by atoms with E-state index in [0.29, 0.717) is 43.6 Å². The van der Waals surface area contributed by atoms with E-state index in [1.165, 1.54) is 12.1 Å². The normalized spacial score (nSPS) is 16.3. The quantitative estimate of drug-likeness (QED) is 0.900. The summed E-state index contributed by atoms with van der Waals surface area (Å²) in [6.45, 7) is 1.26. The lowest BCUT2D eigenvalue weighted by molar-refractivity contribution is -0.131. The maximum Gasteiger partial charge on any atom is 0.236 e. The third-order valence-electron chi connectivity index (χ3n) is 4.31. The molecule has 4 rings (SSSR count). The van der Waals surface area contributed by atoms with Gasteiger partial charge in [-0.3, -0.25) is 4.79 Å². The van der Waals surface area contributed by atoms with Crippen molar-refractivity contribution in [3.05, 3.63) is 41.3 Å². The Labute approximate surface area is 149 Å². The van der Waals surface area contributed by atoms with Gasteiger partial charge < -0.3 is 14.6 Å². The summed E-state index contributed by atoms with van der Waals surface area (Å²) in [5.74, 6) is -0.458. The maximum absolute atomic E-state index is 13.4. The van der Waals surface area contributed by atoms with Gasteiger partial charge in [-0.05, 0) is 25.0 Å². The first-order chi connectivity index (χ1) is 11.6. The maximum atomic E-state index is 13.4. The molecule has 1 amide bonds. The predicted molar refractivity (Wildman–Crippen MR) is 89.2 cm³/mol. The first-order valence-electron chi connectivity index (χ1n) is 8.05. The Morgan fingerprint density at radius 1 is 1.28 bits per heavy atom. The molecule has 1 aromatic heterocycles. The zero-order chi connectivity index (χ0) is 16.7. The molecule has 1 N–H and O–H groups in total. The van der Waals surface area contributed by atoms with E-state index < -0.39 is 11.6 Å². The number of carbonyl (C=O) groups is 1. The molecule has 0 bridgehead atoms. The number of carbonyl (C=O) groups excluding carboxylic acids is 1. The summed E-state index contributed by atoms with van der Waals surface area (Å²) >= 11 is 0. The molecular weight excluding hydrogens is 352 g/mol. The molecule has 8 heteroatoms. The van der Waals surface area contributed by atoms with Gasteiger partial charge in [0.25, 0.3) is 0 Å². The van der Waals surface area contributed by atoms with Gasteiger partial charge in [0, 0.05) is 30.6 Å². The molecule has 2 aromatic rings. The topological polar surface area (TPSA) is 58.4 Å². The highest BCUT2D eigenvalue weighted by Gasteiger charge is 2.27. The minimum absolute atomic E-state index is 0. The molecule has 0 unspecified atom stereocenters. The third-order valence-corrected chi connectivity index (χ3v) is 4.31. The number of hydrogen-bond donors (Lipinski definition) is 1. The molecule has 1 aliphatic heterocycles. The molecule has 0 saturated heterocycles. The Bertz CT molecular complexity index is 772. The van der Waals surface area contributed by atoms with E-state index >= 15 is 0 Å². The Kier molecular flexibility index (Phi) is 5.06. The van der Waals surface area contributed by atoms with E-state index in [1.807, 2.05) is 0 Å². The zero-order valence-electron chi connectivity index (χ0n) is 13.4. The summed E-state index contributed by atoms with van der Waals surface area (Å²) in [4.78, 5) is 18.3. The summed E-state index contributed by atoms with van der Waals surface area (Å²) in [6, 6.07) is 3.65. The van der Waals surface area contributed by atoms with E-state index in [2.05, 4.69) is 10.3 Å². The minimum Gasteiger partial charge on any atom is -0.441 e. The molecule has 1 fully saturated rings. The fraction of sp³-hybridized carbons (Fsp3) is 0.412. The number of oxazole rings is 1. The molecule has 25 heavy (non-hydrogen) atoms. The summed E-state index contributed by atoms with van der Waals surface area (Å²) in [7, 11) is 0. The van der Waals surface area contributed by atoms with Crippen molar-refractivity contribution in [2.24, 2.45) is 0 Å². The highest BCUT2D eigenvalue weighted by Crippen LogP contribution is 2.27. The van der Waals surface area contributed by atoms with Crippen LogP contribution in [0.4, 0.5) is 8.78 Å². The van der Waals surface area contributed by atoms with Crippen LogP contribution in [0.15, 0.2) is 22.6 Å². The number of hydrogen-bond acceptors (Lipinski definition) is 4. The minimum atomic E-state index is -0.677. The van der Waals surface area contributed by atoms with Crippen molar-refractivity contribution >= 4 is 18.3 Å². The van der Waals surface area contributed by atoms with Crippen LogP contribution in [0, 0.1) is 11.6 Å². The first kappa shape index (κ1) is 17.8. The Balaban J connectivity index is 0.00000182. The van der Waals surface area contributed by atoms with Gasteiger partial charge in [-0.2, -0.15) is 0 Å². The van der Waals surface area contributed by atoms with E-state index in [1.54, 1.807) is 4.90 Å². The van der Waals surface area contributed by atoms with Crippen molar-refractivity contribution in [2.45, 2.75) is 31.8 Å². The van der Waals surface area contributed by atoms with Crippen LogP contribution >= 0.6 is 12.4 Å². The van der Waals surface area contributed by atoms with Crippen LogP contribution in [0.25, 0.3) is 11.5 Å². The molecule has 1 aromatic carbocycles. The SMILES string of the molecule is Cl.O=C(CNC1CC1)N1CCc2oc(-c3cc(F)cc(F)c3)nc2C1. The van der Waals surface area contributed by atoms with Gasteiger partial charge in [0.15, 0.2) is 0 Å². The van der Waals surface area contributed by atoms with Gasteiger partial charge >= 0.3 is 0 Å². The van der Waals surface area contributed by atoms with Gasteiger partial charge in [-0.1, -0.05) is 0 Å². The Hall–Kier alpha value is -1.99. The zero-order valence-corrected chi connectivity index (χ0v) is 14.2. The molecule has 1 aliphatic carbocycles. The summed E-state index contributed by atoms with van der Waals surface area (Å²) < 4.78 is 32.3. The van der Waals surface area contributed by atoms with Crippen molar-refractivity contribution in [2.75, 3.05) is 13.1 Å². The molecule has 2 aliphatic rings. The lowest BCUT2D eigenvalue weighted by Crippen LogP contribution is -2.41. The molecule has 2 heterocycles. The summed E-state index contributed by atoms with van der Waals surface area (Å²) in [6.07, 6.45) is 2.82. The Morgan fingerprint density at radius 3 is 2.68 bits per heavy atom. The second-order valence-corrected chi connectivity index (χ2v) is 6.27. The fourth-order valence-electron chi connectivity index (χ4n) is 2.84. The highest BCUT2D eigenvalue weighted by molar-refractivity contribution is 5.85. The van der Waals surface area contributed by atoms with Crippen molar-refractivity contribution < 1.29 is 18.0 Å². The number of halogens is 3. The standard InChI is InChI=1S/C17H17F2N3O2.ClH/c18-11-5-10(6-12(19)7-11)17-21-14-9-22(4-3-15(14)24-17)16(23)8-20-13-1-2-13;/h5-7,13,20H,1-4,8-9H2;1H. The molecule has 5 nitrogen and oxygen atoms in total. The lowest BCUT2D eigenvalue weighted by atomic mass is 10.1. The molecule has 0 atom stereocenters. The number of rotatable bonds is 4. The Morgan fingerprint density at radius 2 is 2.00 bits per heavy atom. The second kappa shape index (κ2) is 7.09. The molecular formula is C17H18ClF2N3O2. The second-order valence-electron chi connectivity index (χ2n) is 6.27. The summed E-state index contributed by atoms with van der Waals surface area (Å²) in [5, 5.41) is 3.20. The van der Waals surface area contributed by atoms with Crippen molar-refractivity contribution in [1.82, 2.24) is 15.2 Å². The number of aromatic nitrogens is 1. The monoisotopic (exact) mass is 369 g/mol. The van der Waals surface area contributed by atoms with Crippen LogP contribution in [0.2, 0.25) is 0 Å². The van der Waals surface area contributed by atoms with Gasteiger partial charge in [0.05, 0.1) is 13.1 Å². The van der Waals surface area contributed by atoms with E-state index in [0.717, 1.165) is 18.9 Å². The van der Waals surface area contributed by atoms with Crippen LogP contribution in [-0.2, 0) is 17.8 Å². The van der Waals surface area contributed by atoms with Crippen LogP contribution in [0.3, 0.4) is 0 Å². The smallest absolute Gasteiger partial charge is 0.236 e. The van der Waals surface area contributed by atoms with Crippen molar-refractivity contribution in [1.29, 1.82) is 0 Å². The molecule has 134 valence electrons. The molecule has 0 spiro atoms. The van der Waals surface area contributed by atoms with Gasteiger partial charge in [0.2, 0.25) is 11.8 Å². The predicted octanol–water partition coefficient (Wildman–Crippen LogP) is 2.68. The number of nitrogens with one attached hydrogen (secondary N) is 1. The summed E-state index contributed by atoms with van der Waals surface area (Å²) in [5.41, 5.74) is 0.913. The van der Waals surface area contributed by atoms with Gasteiger partial charge in [0.1, 0.15) is 23.1 Å². The first-order valence-corrected chi connectivity index (χ1v) is 8.05. The number of benzene rings is 1. The van der Waals surface area contributed by atoms with E-state index in [-0.39, 0.29) is 29.8 Å². The fourth-order valence-corrected chi connectivity index (χ4v) is 2.84. The third kappa shape index (κ3) is 3.99. The number of nitrogens with zero attached hydrogens (tertiary/aromatic N) is 2. The largest absolute Gasteiger partial charge is 0.441 e. The number of amides is 1. The average molecular weight is 370 g/mol. The highest BCUT2D eigenvalue weighted by atomic mass is 35.5. The molecule has 0 radical (unpaired) electrons. The van der Waals surface area contributed by atoms with Crippen molar-refractivity contribution in [3.8, 4) is 11.5 Å². The lowest BCUT2D eigenvalue weighted by Gasteiger charge is -2.25. The van der Waals surface area contributed by atoms with Crippen molar-refractivity contribution in [3.63, 3.8) is 0 Å². The van der Waals surface area contributed by atoms with Crippen LogP contribution in [0.5, 0.6) is 0 Å². The van der Waals surface area contributed by atoms with Gasteiger partial charge in [-0.15, -0.1) is 12.4 Å². The van der Waals surface area contributed by atoms with Crippen LogP contribution in [-0.4, -0.2) is 34.9 Å². The van der Waals surface area contributed by atoms with Gasteiger partial charge in [-0.25, -0.2) is 13.8 Å². The van der Waals surface area contributed by atoms with Crippen LogP contribution in [0.1, 0.15) is 24.3 Å². The van der Waals surface area contributed by atoms with E-state index in [9.17, 15) is 13.6 Å². The van der Waals surface area contributed by atoms with E-state index in [4.69, 9.17) is 4.42 Å². The van der Waals surface area contributed by atoms with Crippen LogP contribution < -0.4 is 5.32 Å². The number of fused-ring (bicyclic) bond motifs is 1. The molecule has 1 saturated carbocycles.